The van der Waals surface area contributed by atoms with Crippen molar-refractivity contribution >= 4 is 17.7 Å². The second kappa shape index (κ2) is 4.56. The van der Waals surface area contributed by atoms with Crippen molar-refractivity contribution < 1.29 is 23.3 Å². The van der Waals surface area contributed by atoms with Crippen LogP contribution in [-0.4, -0.2) is 29.1 Å². The summed E-state index contributed by atoms with van der Waals surface area (Å²) in [6.07, 6.45) is 0.750. The molecule has 0 fully saturated rings. The Bertz CT molecular complexity index is 169. The van der Waals surface area contributed by atoms with Gasteiger partial charge in [0.15, 0.2) is 0 Å². The van der Waals surface area contributed by atoms with Gasteiger partial charge in [0.25, 0.3) is 0 Å². The van der Waals surface area contributed by atoms with E-state index in [1.54, 1.807) is 6.26 Å². The van der Waals surface area contributed by atoms with Gasteiger partial charge in [-0.2, -0.15) is 11.8 Å². The van der Waals surface area contributed by atoms with Crippen LogP contribution in [0, 0.1) is 0 Å². The maximum Gasteiger partial charge on any atom is 0.412 e. The van der Waals surface area contributed by atoms with Gasteiger partial charge in [-0.15, -0.1) is 0 Å². The number of carbonyl (C=O) groups is 1. The van der Waals surface area contributed by atoms with Crippen molar-refractivity contribution in [3.8, 4) is 0 Å². The highest BCUT2D eigenvalue weighted by molar-refractivity contribution is 7.98. The van der Waals surface area contributed by atoms with E-state index < -0.39 is 23.5 Å². The Morgan fingerprint density at radius 3 is 2.33 bits per heavy atom. The van der Waals surface area contributed by atoms with Crippen LogP contribution in [0.3, 0.4) is 0 Å². The van der Waals surface area contributed by atoms with E-state index in [0.717, 1.165) is 11.8 Å². The van der Waals surface area contributed by atoms with Gasteiger partial charge in [-0.25, -0.2) is 14.3 Å². The van der Waals surface area contributed by atoms with Crippen molar-refractivity contribution in [2.45, 2.75) is 12.2 Å². The molecule has 0 unspecified atom stereocenters. The minimum absolute atomic E-state index is 0.0190. The maximum absolute atomic E-state index is 12.7. The summed E-state index contributed by atoms with van der Waals surface area (Å²) in [5.41, 5.74) is 0. The lowest BCUT2D eigenvalue weighted by molar-refractivity contribution is -0.279. The third-order valence-electron chi connectivity index (χ3n) is 1.22. The number of rotatable bonds is 5. The molecule has 1 radical (unpaired) electrons. The molecule has 0 aliphatic rings. The zero-order valence-corrected chi connectivity index (χ0v) is 7.04. The molecule has 0 aromatic carbocycles. The van der Waals surface area contributed by atoms with Gasteiger partial charge in [0.2, 0.25) is 0 Å². The van der Waals surface area contributed by atoms with E-state index >= 15 is 0 Å². The summed E-state index contributed by atoms with van der Waals surface area (Å²) in [6.45, 7) is 0. The van der Waals surface area contributed by atoms with Crippen LogP contribution in [0.4, 0.5) is 13.4 Å². The van der Waals surface area contributed by atoms with Crippen LogP contribution in [0.15, 0.2) is 0 Å². The fraction of sp³-hybridized carbons (Fsp3) is 0.800. The number of carbonyl (C=O) groups excluding carboxylic acids is 1. The quantitative estimate of drug-likeness (QED) is 0.500. The zero-order valence-electron chi connectivity index (χ0n) is 6.22. The largest absolute Gasteiger partial charge is 0.412 e. The van der Waals surface area contributed by atoms with Crippen molar-refractivity contribution in [2.24, 2.45) is 0 Å². The van der Waals surface area contributed by atoms with Crippen LogP contribution in [-0.2, 0) is 9.90 Å². The Morgan fingerprint density at radius 1 is 1.58 bits per heavy atom. The minimum Gasteiger partial charge on any atom is -0.242 e. The highest BCUT2D eigenvalue weighted by atomic mass is 32.2. The standard InChI is InChI=1S/C5H7F3NO2S/c1-12-3-2-5(6,4(10)11)9(7)8/h2-3H2,1H3/t5-/m0/s1. The smallest absolute Gasteiger partial charge is 0.242 e. The second-order valence-corrected chi connectivity index (χ2v) is 3.01. The van der Waals surface area contributed by atoms with E-state index in [1.165, 1.54) is 0 Å². The normalized spacial score (nSPS) is 16.1. The topological polar surface area (TPSA) is 40.2 Å². The molecular weight excluding hydrogens is 195 g/mol. The van der Waals surface area contributed by atoms with Crippen LogP contribution < -0.4 is 0 Å². The van der Waals surface area contributed by atoms with Crippen LogP contribution in [0.2, 0.25) is 0 Å². The molecule has 0 amide bonds. The third-order valence-corrected chi connectivity index (χ3v) is 1.83. The molecule has 1 atom stereocenters. The molecule has 0 bridgehead atoms. The van der Waals surface area contributed by atoms with E-state index in [1.807, 2.05) is 0 Å². The van der Waals surface area contributed by atoms with Gasteiger partial charge in [-0.3, -0.25) is 0 Å². The van der Waals surface area contributed by atoms with Crippen LogP contribution in [0.5, 0.6) is 0 Å². The molecule has 0 saturated carbocycles. The van der Waals surface area contributed by atoms with E-state index in [9.17, 15) is 23.3 Å². The third kappa shape index (κ3) is 2.56. The SMILES string of the molecule is CSCC[C@@](F)(C([O])=O)N(F)F. The summed E-state index contributed by atoms with van der Waals surface area (Å²) in [5, 5.41) is 7.98. The molecule has 0 spiro atoms. The summed E-state index contributed by atoms with van der Waals surface area (Å²) in [4.78, 5) is 9.95. The van der Waals surface area contributed by atoms with Crippen molar-refractivity contribution in [1.29, 1.82) is 0 Å². The summed E-state index contributed by atoms with van der Waals surface area (Å²) in [7, 11) is 0. The predicted molar refractivity (Wildman–Crippen MR) is 36.6 cm³/mol. The monoisotopic (exact) mass is 202 g/mol. The van der Waals surface area contributed by atoms with E-state index in [2.05, 4.69) is 0 Å². The molecule has 0 aliphatic carbocycles. The van der Waals surface area contributed by atoms with Crippen LogP contribution in [0.25, 0.3) is 0 Å². The van der Waals surface area contributed by atoms with Gasteiger partial charge in [0, 0.05) is 6.42 Å². The van der Waals surface area contributed by atoms with Crippen LogP contribution >= 0.6 is 11.8 Å². The molecule has 7 heteroatoms. The number of halogens is 3. The fourth-order valence-corrected chi connectivity index (χ4v) is 0.968. The summed E-state index contributed by atoms with van der Waals surface area (Å²) >= 11 is 1.07. The average molecular weight is 202 g/mol. The summed E-state index contributed by atoms with van der Waals surface area (Å²) in [5.74, 6) is -6.10. The molecule has 0 N–H and O–H groups in total. The van der Waals surface area contributed by atoms with Crippen molar-refractivity contribution in [1.82, 2.24) is 5.34 Å². The predicted octanol–water partition coefficient (Wildman–Crippen LogP) is 1.43. The highest BCUT2D eigenvalue weighted by Crippen LogP contribution is 2.25. The number of alkyl halides is 1. The average Bonchev–Trinajstić information content (AvgIpc) is 1.99. The molecule has 71 valence electrons. The van der Waals surface area contributed by atoms with Gasteiger partial charge in [0.05, 0.1) is 5.34 Å². The lowest BCUT2D eigenvalue weighted by atomic mass is 10.2. The molecule has 0 aromatic rings. The fourth-order valence-electron chi connectivity index (χ4n) is 0.493. The summed E-state index contributed by atoms with van der Waals surface area (Å²) in [6, 6.07) is 0. The second-order valence-electron chi connectivity index (χ2n) is 2.02. The van der Waals surface area contributed by atoms with E-state index in [4.69, 9.17) is 0 Å². The first-order chi connectivity index (χ1) is 5.45. The van der Waals surface area contributed by atoms with Crippen molar-refractivity contribution in [3.05, 3.63) is 0 Å². The summed E-state index contributed by atoms with van der Waals surface area (Å²) < 4.78 is 36.1. The Labute approximate surface area is 71.4 Å². The molecule has 0 aromatic heterocycles. The van der Waals surface area contributed by atoms with Crippen molar-refractivity contribution in [2.75, 3.05) is 12.0 Å². The number of thioether (sulfide) groups is 1. The molecule has 0 heterocycles. The van der Waals surface area contributed by atoms with Crippen LogP contribution in [0.1, 0.15) is 6.42 Å². The van der Waals surface area contributed by atoms with Gasteiger partial charge < -0.3 is 0 Å². The molecule has 0 aliphatic heterocycles. The van der Waals surface area contributed by atoms with Gasteiger partial charge in [-0.05, 0) is 12.0 Å². The Morgan fingerprint density at radius 2 is 2.08 bits per heavy atom. The molecule has 3 nitrogen and oxygen atoms in total. The van der Waals surface area contributed by atoms with E-state index in [-0.39, 0.29) is 5.75 Å². The number of nitrogens with zero attached hydrogens (tertiary/aromatic N) is 1. The van der Waals surface area contributed by atoms with Gasteiger partial charge in [-0.1, -0.05) is 8.96 Å². The number of hydrogen-bond donors (Lipinski definition) is 0. The van der Waals surface area contributed by atoms with Gasteiger partial charge in [0.1, 0.15) is 0 Å². The Kier molecular flexibility index (Phi) is 4.40. The lowest BCUT2D eigenvalue weighted by Gasteiger charge is -2.17. The lowest BCUT2D eigenvalue weighted by Crippen LogP contribution is -2.43. The molecule has 12 heavy (non-hydrogen) atoms. The maximum atomic E-state index is 12.7. The van der Waals surface area contributed by atoms with E-state index in [0.29, 0.717) is 0 Å². The molecule has 0 saturated heterocycles. The van der Waals surface area contributed by atoms with Gasteiger partial charge >= 0.3 is 11.8 Å². The first-order valence-corrected chi connectivity index (χ1v) is 4.35. The zero-order chi connectivity index (χ0) is 9.78. The highest BCUT2D eigenvalue weighted by Gasteiger charge is 2.48. The molecule has 0 rings (SSSR count). The first-order valence-electron chi connectivity index (χ1n) is 2.96. The Hall–Kier alpha value is -0.430. The van der Waals surface area contributed by atoms with Crippen molar-refractivity contribution in [3.63, 3.8) is 0 Å². The Balaban J connectivity index is 4.29. The minimum atomic E-state index is -3.66. The molecular formula is C5H7F3NO2S. The number of hydrogen-bond acceptors (Lipinski definition) is 3. The first kappa shape index (κ1) is 11.6.